The summed E-state index contributed by atoms with van der Waals surface area (Å²) in [5.41, 5.74) is 2.62. The van der Waals surface area contributed by atoms with Crippen molar-refractivity contribution in [1.29, 1.82) is 0 Å². The van der Waals surface area contributed by atoms with Crippen LogP contribution in [0.25, 0.3) is 10.2 Å². The minimum Gasteiger partial charge on any atom is -0.492 e. The number of rotatable bonds is 7. The standard InChI is InChI=1S/C25H25N3O4S2/c1-4-28-23-21(32-5-2)7-6-8-22(23)33-25(28)26-24(29)18-11-13-19(14-12-18)27-34(30,31)20-15-9-17(3)10-16-20/h6-16,27H,4-5H2,1-3H3. The molecule has 0 bridgehead atoms. The maximum atomic E-state index is 12.9. The van der Waals surface area contributed by atoms with E-state index in [0.29, 0.717) is 29.2 Å². The lowest BCUT2D eigenvalue weighted by Crippen LogP contribution is -2.16. The van der Waals surface area contributed by atoms with Gasteiger partial charge < -0.3 is 9.30 Å². The Morgan fingerprint density at radius 3 is 2.38 bits per heavy atom. The highest BCUT2D eigenvalue weighted by Gasteiger charge is 2.15. The van der Waals surface area contributed by atoms with Crippen LogP contribution in [0.2, 0.25) is 0 Å². The number of carbonyl (C=O) groups is 1. The molecule has 0 fully saturated rings. The number of nitrogens with zero attached hydrogens (tertiary/aromatic N) is 2. The van der Waals surface area contributed by atoms with Crippen LogP contribution in [-0.4, -0.2) is 25.5 Å². The molecule has 0 aliphatic carbocycles. The van der Waals surface area contributed by atoms with E-state index in [-0.39, 0.29) is 4.90 Å². The van der Waals surface area contributed by atoms with Crippen molar-refractivity contribution in [2.75, 3.05) is 11.3 Å². The van der Waals surface area contributed by atoms with Crippen LogP contribution in [0.4, 0.5) is 5.69 Å². The Bertz CT molecular complexity index is 1500. The molecule has 7 nitrogen and oxygen atoms in total. The molecule has 1 amide bonds. The highest BCUT2D eigenvalue weighted by atomic mass is 32.2. The number of aromatic nitrogens is 1. The number of aryl methyl sites for hydroxylation is 2. The average Bonchev–Trinajstić information content (AvgIpc) is 3.17. The lowest BCUT2D eigenvalue weighted by molar-refractivity contribution is 0.0998. The van der Waals surface area contributed by atoms with E-state index in [2.05, 4.69) is 9.71 Å². The Morgan fingerprint density at radius 1 is 1.03 bits per heavy atom. The van der Waals surface area contributed by atoms with Crippen molar-refractivity contribution in [1.82, 2.24) is 4.57 Å². The molecule has 1 aromatic heterocycles. The number of benzene rings is 3. The fourth-order valence-electron chi connectivity index (χ4n) is 3.51. The van der Waals surface area contributed by atoms with Crippen LogP contribution in [0.1, 0.15) is 29.8 Å². The van der Waals surface area contributed by atoms with Crippen LogP contribution in [0, 0.1) is 6.92 Å². The number of carbonyl (C=O) groups excluding carboxylic acids is 1. The van der Waals surface area contributed by atoms with Crippen molar-refractivity contribution >= 4 is 43.2 Å². The summed E-state index contributed by atoms with van der Waals surface area (Å²) in [6.07, 6.45) is 0. The van der Waals surface area contributed by atoms with E-state index in [4.69, 9.17) is 4.74 Å². The van der Waals surface area contributed by atoms with Gasteiger partial charge in [-0.2, -0.15) is 4.99 Å². The van der Waals surface area contributed by atoms with Gasteiger partial charge in [0.2, 0.25) is 0 Å². The Balaban J connectivity index is 1.60. The summed E-state index contributed by atoms with van der Waals surface area (Å²) in [6.45, 7) is 7.00. The molecular formula is C25H25N3O4S2. The second-order valence-electron chi connectivity index (χ2n) is 7.58. The van der Waals surface area contributed by atoms with Crippen LogP contribution >= 0.6 is 11.3 Å². The number of sulfonamides is 1. The zero-order chi connectivity index (χ0) is 24.3. The monoisotopic (exact) mass is 495 g/mol. The second kappa shape index (κ2) is 9.82. The van der Waals surface area contributed by atoms with Crippen LogP contribution in [0.5, 0.6) is 5.75 Å². The number of hydrogen-bond donors (Lipinski definition) is 1. The van der Waals surface area contributed by atoms with Gasteiger partial charge in [-0.05, 0) is 69.3 Å². The van der Waals surface area contributed by atoms with Crippen LogP contribution in [-0.2, 0) is 16.6 Å². The lowest BCUT2D eigenvalue weighted by atomic mass is 10.2. The third-order valence-electron chi connectivity index (χ3n) is 5.19. The zero-order valence-electron chi connectivity index (χ0n) is 19.1. The van der Waals surface area contributed by atoms with E-state index in [9.17, 15) is 13.2 Å². The van der Waals surface area contributed by atoms with Crippen molar-refractivity contribution in [3.63, 3.8) is 0 Å². The van der Waals surface area contributed by atoms with Crippen LogP contribution in [0.15, 0.2) is 76.6 Å². The molecule has 0 radical (unpaired) electrons. The van der Waals surface area contributed by atoms with Crippen LogP contribution < -0.4 is 14.3 Å². The molecule has 34 heavy (non-hydrogen) atoms. The summed E-state index contributed by atoms with van der Waals surface area (Å²) in [5, 5.41) is 0. The third kappa shape index (κ3) is 4.90. The average molecular weight is 496 g/mol. The fourth-order valence-corrected chi connectivity index (χ4v) is 5.68. The van der Waals surface area contributed by atoms with Crippen molar-refractivity contribution in [2.45, 2.75) is 32.2 Å². The Kier molecular flexibility index (Phi) is 6.85. The SMILES string of the molecule is CCOc1cccc2sc(=NC(=O)c3ccc(NS(=O)(=O)c4ccc(C)cc4)cc3)n(CC)c12. The van der Waals surface area contributed by atoms with Gasteiger partial charge in [-0.1, -0.05) is 35.1 Å². The number of thiazole rings is 1. The molecule has 9 heteroatoms. The van der Waals surface area contributed by atoms with Crippen molar-refractivity contribution < 1.29 is 17.9 Å². The van der Waals surface area contributed by atoms with Gasteiger partial charge in [0.15, 0.2) is 4.80 Å². The molecule has 0 atom stereocenters. The largest absolute Gasteiger partial charge is 0.492 e. The van der Waals surface area contributed by atoms with E-state index >= 15 is 0 Å². The first-order valence-corrected chi connectivity index (χ1v) is 13.2. The van der Waals surface area contributed by atoms with E-state index in [1.54, 1.807) is 48.5 Å². The minimum absolute atomic E-state index is 0.175. The highest BCUT2D eigenvalue weighted by Crippen LogP contribution is 2.27. The number of amides is 1. The third-order valence-corrected chi connectivity index (χ3v) is 7.63. The molecule has 4 aromatic rings. The molecular weight excluding hydrogens is 470 g/mol. The van der Waals surface area contributed by atoms with Crippen molar-refractivity contribution in [3.8, 4) is 5.75 Å². The van der Waals surface area contributed by atoms with E-state index < -0.39 is 15.9 Å². The quantitative estimate of drug-likeness (QED) is 0.392. The van der Waals surface area contributed by atoms with Gasteiger partial charge in [-0.3, -0.25) is 9.52 Å². The van der Waals surface area contributed by atoms with Crippen LogP contribution in [0.3, 0.4) is 0 Å². The van der Waals surface area contributed by atoms with Gasteiger partial charge in [-0.15, -0.1) is 0 Å². The number of hydrogen-bond acceptors (Lipinski definition) is 5. The molecule has 176 valence electrons. The molecule has 0 saturated heterocycles. The summed E-state index contributed by atoms with van der Waals surface area (Å²) in [6, 6.07) is 18.6. The molecule has 1 N–H and O–H groups in total. The second-order valence-corrected chi connectivity index (χ2v) is 10.3. The van der Waals surface area contributed by atoms with E-state index in [1.807, 2.05) is 43.5 Å². The first-order chi connectivity index (χ1) is 16.3. The van der Waals surface area contributed by atoms with Gasteiger partial charge in [0.1, 0.15) is 11.3 Å². The highest BCUT2D eigenvalue weighted by molar-refractivity contribution is 7.92. The molecule has 0 aliphatic rings. The Labute approximate surface area is 202 Å². The zero-order valence-corrected chi connectivity index (χ0v) is 20.7. The minimum atomic E-state index is -3.72. The van der Waals surface area contributed by atoms with E-state index in [0.717, 1.165) is 21.5 Å². The van der Waals surface area contributed by atoms with Gasteiger partial charge in [0, 0.05) is 17.8 Å². The Hall–Kier alpha value is -3.43. The van der Waals surface area contributed by atoms with E-state index in [1.165, 1.54) is 11.3 Å². The van der Waals surface area contributed by atoms with Crippen molar-refractivity contribution in [3.05, 3.63) is 82.7 Å². The lowest BCUT2D eigenvalue weighted by Gasteiger charge is -2.09. The number of ether oxygens (including phenoxy) is 1. The number of para-hydroxylation sites is 1. The maximum absolute atomic E-state index is 12.9. The molecule has 3 aromatic carbocycles. The van der Waals surface area contributed by atoms with Gasteiger partial charge >= 0.3 is 0 Å². The summed E-state index contributed by atoms with van der Waals surface area (Å²) in [7, 11) is -3.72. The summed E-state index contributed by atoms with van der Waals surface area (Å²) < 4.78 is 36.4. The predicted molar refractivity (Wildman–Crippen MR) is 135 cm³/mol. The first kappa shape index (κ1) is 23.7. The summed E-state index contributed by atoms with van der Waals surface area (Å²) in [5.74, 6) is 0.358. The summed E-state index contributed by atoms with van der Waals surface area (Å²) >= 11 is 1.42. The Morgan fingerprint density at radius 2 is 1.74 bits per heavy atom. The molecule has 0 saturated carbocycles. The number of fused-ring (bicyclic) bond motifs is 1. The van der Waals surface area contributed by atoms with Gasteiger partial charge in [0.05, 0.1) is 16.2 Å². The number of nitrogens with one attached hydrogen (secondary N) is 1. The fraction of sp³-hybridized carbons (Fsp3) is 0.200. The number of anilines is 1. The smallest absolute Gasteiger partial charge is 0.279 e. The topological polar surface area (TPSA) is 89.8 Å². The maximum Gasteiger partial charge on any atom is 0.279 e. The summed E-state index contributed by atoms with van der Waals surface area (Å²) in [4.78, 5) is 18.0. The molecule has 0 aliphatic heterocycles. The molecule has 4 rings (SSSR count). The first-order valence-electron chi connectivity index (χ1n) is 10.9. The van der Waals surface area contributed by atoms with Gasteiger partial charge in [0.25, 0.3) is 15.9 Å². The van der Waals surface area contributed by atoms with Crippen molar-refractivity contribution in [2.24, 2.45) is 4.99 Å². The normalized spacial score (nSPS) is 12.1. The molecule has 0 spiro atoms. The predicted octanol–water partition coefficient (Wildman–Crippen LogP) is 4.97. The molecule has 0 unspecified atom stereocenters. The van der Waals surface area contributed by atoms with Gasteiger partial charge in [-0.25, -0.2) is 8.42 Å². The molecule has 1 heterocycles.